The quantitative estimate of drug-likeness (QED) is 0.881. The van der Waals surface area contributed by atoms with Gasteiger partial charge in [0.15, 0.2) is 0 Å². The van der Waals surface area contributed by atoms with E-state index in [9.17, 15) is 9.59 Å². The van der Waals surface area contributed by atoms with Crippen LogP contribution in [0, 0.1) is 0 Å². The van der Waals surface area contributed by atoms with Crippen LogP contribution in [0.2, 0.25) is 5.02 Å². The highest BCUT2D eigenvalue weighted by Crippen LogP contribution is 2.14. The Hall–Kier alpha value is -2.48. The first-order valence-corrected chi connectivity index (χ1v) is 7.60. The molecule has 0 saturated heterocycles. The Bertz CT molecular complexity index is 736. The number of carboxylic acid groups (broad SMARTS) is 1. The number of aromatic nitrogens is 4. The van der Waals surface area contributed by atoms with E-state index in [4.69, 9.17) is 16.7 Å². The maximum Gasteiger partial charge on any atom is 0.323 e. The molecule has 0 atom stereocenters. The van der Waals surface area contributed by atoms with Gasteiger partial charge in [-0.25, -0.2) is 0 Å². The number of tetrazole rings is 1. The highest BCUT2D eigenvalue weighted by Gasteiger charge is 2.25. The molecule has 2 aromatic rings. The third-order valence-corrected chi connectivity index (χ3v) is 3.36. The zero-order valence-electron chi connectivity index (χ0n) is 13.6. The number of carbonyl (C=O) groups excluding carboxylic acids is 1. The van der Waals surface area contributed by atoms with Crippen molar-refractivity contribution in [3.05, 3.63) is 40.7 Å². The normalized spacial score (nSPS) is 11.3. The molecule has 1 aromatic carbocycles. The Morgan fingerprint density at radius 3 is 2.38 bits per heavy atom. The van der Waals surface area contributed by atoms with Crippen molar-refractivity contribution < 1.29 is 14.7 Å². The summed E-state index contributed by atoms with van der Waals surface area (Å²) in [6.45, 7) is 5.24. The zero-order chi connectivity index (χ0) is 17.9. The lowest BCUT2D eigenvalue weighted by Gasteiger charge is -2.19. The fraction of sp³-hybridized carbons (Fsp3) is 0.400. The lowest BCUT2D eigenvalue weighted by molar-refractivity contribution is -0.137. The van der Waals surface area contributed by atoms with E-state index in [1.807, 2.05) is 20.8 Å². The van der Waals surface area contributed by atoms with Crippen molar-refractivity contribution in [1.29, 1.82) is 0 Å². The van der Waals surface area contributed by atoms with Gasteiger partial charge in [-0.05, 0) is 43.7 Å². The van der Waals surface area contributed by atoms with Crippen LogP contribution in [-0.2, 0) is 16.9 Å². The smallest absolute Gasteiger partial charge is 0.323 e. The van der Waals surface area contributed by atoms with Gasteiger partial charge in [-0.1, -0.05) is 23.7 Å². The van der Waals surface area contributed by atoms with Gasteiger partial charge in [0, 0.05) is 11.6 Å². The van der Waals surface area contributed by atoms with Gasteiger partial charge in [-0.15, -0.1) is 10.2 Å². The molecule has 0 unspecified atom stereocenters. The summed E-state index contributed by atoms with van der Waals surface area (Å²) in [5, 5.41) is 21.3. The first-order valence-electron chi connectivity index (χ1n) is 7.23. The molecule has 8 nitrogen and oxygen atoms in total. The second kappa shape index (κ2) is 6.96. The minimum absolute atomic E-state index is 0.104. The molecule has 0 spiro atoms. The minimum Gasteiger partial charge on any atom is -0.480 e. The highest BCUT2D eigenvalue weighted by molar-refractivity contribution is 6.30. The third kappa shape index (κ3) is 4.51. The lowest BCUT2D eigenvalue weighted by Crippen LogP contribution is -2.36. The number of halogens is 1. The summed E-state index contributed by atoms with van der Waals surface area (Å²) >= 11 is 5.83. The van der Waals surface area contributed by atoms with Gasteiger partial charge in [-0.3, -0.25) is 9.59 Å². The molecule has 0 fully saturated rings. The average Bonchev–Trinajstić information content (AvgIpc) is 2.97. The van der Waals surface area contributed by atoms with Gasteiger partial charge in [0.05, 0.1) is 5.54 Å². The monoisotopic (exact) mass is 351 g/mol. The van der Waals surface area contributed by atoms with E-state index < -0.39 is 24.0 Å². The van der Waals surface area contributed by atoms with Gasteiger partial charge in [0.2, 0.25) is 0 Å². The van der Waals surface area contributed by atoms with Gasteiger partial charge in [0.25, 0.3) is 11.7 Å². The van der Waals surface area contributed by atoms with Gasteiger partial charge >= 0.3 is 5.97 Å². The van der Waals surface area contributed by atoms with Crippen LogP contribution < -0.4 is 0 Å². The largest absolute Gasteiger partial charge is 0.480 e. The van der Waals surface area contributed by atoms with E-state index in [1.165, 1.54) is 4.80 Å². The maximum absolute atomic E-state index is 12.6. The van der Waals surface area contributed by atoms with E-state index in [1.54, 1.807) is 24.3 Å². The number of carboxylic acids is 1. The fourth-order valence-electron chi connectivity index (χ4n) is 1.90. The topological polar surface area (TPSA) is 101 Å². The lowest BCUT2D eigenvalue weighted by atomic mass is 10.1. The first kappa shape index (κ1) is 17.9. The summed E-state index contributed by atoms with van der Waals surface area (Å²) < 4.78 is 0. The van der Waals surface area contributed by atoms with Crippen molar-refractivity contribution in [1.82, 2.24) is 25.1 Å². The van der Waals surface area contributed by atoms with Crippen LogP contribution >= 0.6 is 11.6 Å². The van der Waals surface area contributed by atoms with Crippen molar-refractivity contribution in [2.45, 2.75) is 32.9 Å². The first-order chi connectivity index (χ1) is 11.2. The Morgan fingerprint density at radius 2 is 1.88 bits per heavy atom. The number of amides is 1. The molecule has 0 aliphatic carbocycles. The van der Waals surface area contributed by atoms with Crippen LogP contribution in [0.3, 0.4) is 0 Å². The molecule has 1 heterocycles. The van der Waals surface area contributed by atoms with Crippen LogP contribution in [0.5, 0.6) is 0 Å². The van der Waals surface area contributed by atoms with E-state index in [0.29, 0.717) is 5.02 Å². The second-order valence-corrected chi connectivity index (χ2v) is 6.69. The molecule has 2 rings (SSSR count). The highest BCUT2D eigenvalue weighted by atomic mass is 35.5. The van der Waals surface area contributed by atoms with Crippen molar-refractivity contribution in [2.24, 2.45) is 0 Å². The Balaban J connectivity index is 2.23. The molecule has 1 N–H and O–H groups in total. The van der Waals surface area contributed by atoms with Gasteiger partial charge in [0.1, 0.15) is 6.54 Å². The van der Waals surface area contributed by atoms with Crippen LogP contribution in [0.1, 0.15) is 37.0 Å². The number of benzene rings is 1. The maximum atomic E-state index is 12.6. The molecule has 1 amide bonds. The van der Waals surface area contributed by atoms with E-state index in [0.717, 1.165) is 10.5 Å². The zero-order valence-corrected chi connectivity index (χ0v) is 14.4. The molecule has 128 valence electrons. The summed E-state index contributed by atoms with van der Waals surface area (Å²) in [5.74, 6) is -1.86. The van der Waals surface area contributed by atoms with E-state index in [2.05, 4.69) is 15.4 Å². The van der Waals surface area contributed by atoms with Crippen LogP contribution in [-0.4, -0.2) is 48.6 Å². The number of nitrogens with zero attached hydrogens (tertiary/aromatic N) is 5. The number of hydrogen-bond acceptors (Lipinski definition) is 5. The predicted molar refractivity (Wildman–Crippen MR) is 86.6 cm³/mol. The second-order valence-electron chi connectivity index (χ2n) is 6.25. The summed E-state index contributed by atoms with van der Waals surface area (Å²) in [7, 11) is 0. The summed E-state index contributed by atoms with van der Waals surface area (Å²) in [6.07, 6.45) is 0. The Kier molecular flexibility index (Phi) is 5.18. The summed E-state index contributed by atoms with van der Waals surface area (Å²) in [5.41, 5.74) is 0.316. The molecule has 24 heavy (non-hydrogen) atoms. The number of carbonyl (C=O) groups is 2. The Morgan fingerprint density at radius 1 is 1.25 bits per heavy atom. The van der Waals surface area contributed by atoms with Crippen LogP contribution in [0.25, 0.3) is 0 Å². The van der Waals surface area contributed by atoms with E-state index in [-0.39, 0.29) is 12.4 Å². The molecule has 0 saturated carbocycles. The van der Waals surface area contributed by atoms with Crippen molar-refractivity contribution in [3.8, 4) is 0 Å². The van der Waals surface area contributed by atoms with E-state index >= 15 is 0 Å². The van der Waals surface area contributed by atoms with Crippen molar-refractivity contribution in [2.75, 3.05) is 6.54 Å². The summed E-state index contributed by atoms with van der Waals surface area (Å²) in [4.78, 5) is 26.1. The van der Waals surface area contributed by atoms with Crippen molar-refractivity contribution >= 4 is 23.5 Å². The summed E-state index contributed by atoms with van der Waals surface area (Å²) in [6, 6.07) is 6.80. The number of rotatable bonds is 5. The van der Waals surface area contributed by atoms with Crippen molar-refractivity contribution in [3.63, 3.8) is 0 Å². The molecule has 9 heteroatoms. The third-order valence-electron chi connectivity index (χ3n) is 3.10. The van der Waals surface area contributed by atoms with Crippen LogP contribution in [0.15, 0.2) is 24.3 Å². The molecule has 0 bridgehead atoms. The molecule has 1 aromatic heterocycles. The SMILES string of the molecule is CC(C)(C)n1nnc(C(=O)N(CC(=O)O)Cc2ccc(Cl)cc2)n1. The number of hydrogen-bond donors (Lipinski definition) is 1. The van der Waals surface area contributed by atoms with Gasteiger partial charge in [-0.2, -0.15) is 4.80 Å². The molecule has 0 aliphatic heterocycles. The predicted octanol–water partition coefficient (Wildman–Crippen LogP) is 1.81. The molecular formula is C15H18ClN5O3. The average molecular weight is 352 g/mol. The Labute approximate surface area is 144 Å². The fourth-order valence-corrected chi connectivity index (χ4v) is 2.02. The molecule has 0 aliphatic rings. The van der Waals surface area contributed by atoms with Crippen LogP contribution in [0.4, 0.5) is 0 Å². The molecular weight excluding hydrogens is 334 g/mol. The number of aliphatic carboxylic acids is 1. The standard InChI is InChI=1S/C15H18ClN5O3/c1-15(2,3)21-18-13(17-19-21)14(24)20(9-12(22)23)8-10-4-6-11(16)7-5-10/h4-7H,8-9H2,1-3H3,(H,22,23). The van der Waals surface area contributed by atoms with Gasteiger partial charge < -0.3 is 10.0 Å². The molecule has 0 radical (unpaired) electrons. The minimum atomic E-state index is -1.12.